The summed E-state index contributed by atoms with van der Waals surface area (Å²) in [4.78, 5) is 35.8. The topological polar surface area (TPSA) is 117 Å². The Morgan fingerprint density at radius 3 is 2.85 bits per heavy atom. The third-order valence-electron chi connectivity index (χ3n) is 3.67. The first kappa shape index (κ1) is 17.5. The van der Waals surface area contributed by atoms with Crippen molar-refractivity contribution in [1.29, 1.82) is 0 Å². The second-order valence-corrected chi connectivity index (χ2v) is 5.69. The highest BCUT2D eigenvalue weighted by Gasteiger charge is 2.20. The van der Waals surface area contributed by atoms with Crippen LogP contribution in [0.2, 0.25) is 0 Å². The van der Waals surface area contributed by atoms with Crippen LogP contribution in [0.15, 0.2) is 44.1 Å². The zero-order chi connectivity index (χ0) is 18.7. The first-order valence-electron chi connectivity index (χ1n) is 7.96. The van der Waals surface area contributed by atoms with E-state index in [0.717, 1.165) is 0 Å². The minimum atomic E-state index is -1.02. The molecule has 3 rings (SSSR count). The van der Waals surface area contributed by atoms with Crippen molar-refractivity contribution in [3.8, 4) is 0 Å². The molecule has 1 aromatic carbocycles. The smallest absolute Gasteiger partial charge is 0.419 e. The number of amides is 1. The Morgan fingerprint density at radius 2 is 2.12 bits per heavy atom. The number of ether oxygens (including phenoxy) is 1. The molecule has 0 radical (unpaired) electrons. The van der Waals surface area contributed by atoms with Gasteiger partial charge in [-0.15, -0.1) is 0 Å². The van der Waals surface area contributed by atoms with Gasteiger partial charge in [0.15, 0.2) is 11.7 Å². The highest BCUT2D eigenvalue weighted by atomic mass is 16.5. The van der Waals surface area contributed by atoms with Crippen molar-refractivity contribution in [2.75, 3.05) is 5.32 Å². The molecule has 3 aromatic rings. The van der Waals surface area contributed by atoms with Gasteiger partial charge in [-0.2, -0.15) is 0 Å². The number of esters is 1. The Hall–Kier alpha value is -3.36. The lowest BCUT2D eigenvalue weighted by atomic mass is 10.3. The van der Waals surface area contributed by atoms with Gasteiger partial charge in [-0.1, -0.05) is 17.3 Å². The van der Waals surface area contributed by atoms with E-state index in [2.05, 4.69) is 10.5 Å². The molecule has 0 aliphatic heterocycles. The molecule has 0 bridgehead atoms. The zero-order valence-corrected chi connectivity index (χ0v) is 14.2. The lowest BCUT2D eigenvalue weighted by Gasteiger charge is -2.12. The van der Waals surface area contributed by atoms with Crippen LogP contribution in [0.3, 0.4) is 0 Å². The van der Waals surface area contributed by atoms with E-state index < -0.39 is 23.7 Å². The molecular weight excluding hydrogens is 342 g/mol. The van der Waals surface area contributed by atoms with Gasteiger partial charge in [-0.25, -0.2) is 4.79 Å². The monoisotopic (exact) mass is 359 g/mol. The van der Waals surface area contributed by atoms with E-state index >= 15 is 0 Å². The van der Waals surface area contributed by atoms with E-state index in [1.165, 1.54) is 11.5 Å². The number of fused-ring (bicyclic) bond motifs is 1. The van der Waals surface area contributed by atoms with E-state index in [-0.39, 0.29) is 18.8 Å². The summed E-state index contributed by atoms with van der Waals surface area (Å²) in [7, 11) is 0. The van der Waals surface area contributed by atoms with E-state index in [4.69, 9.17) is 13.7 Å². The minimum absolute atomic E-state index is 0.0809. The lowest BCUT2D eigenvalue weighted by Crippen LogP contribution is -2.30. The van der Waals surface area contributed by atoms with Crippen molar-refractivity contribution < 1.29 is 23.3 Å². The van der Waals surface area contributed by atoms with Gasteiger partial charge < -0.3 is 13.7 Å². The summed E-state index contributed by atoms with van der Waals surface area (Å²) < 4.78 is 16.4. The molecule has 0 saturated heterocycles. The average molecular weight is 359 g/mol. The molecule has 0 saturated carbocycles. The summed E-state index contributed by atoms with van der Waals surface area (Å²) in [5.74, 6) is -1.53. The molecule has 1 atom stereocenters. The van der Waals surface area contributed by atoms with Crippen LogP contribution < -0.4 is 11.1 Å². The standard InChI is InChI=1S/C17H17N3O6/c1-10-9-14(26-19-10)18-16(22)11(2)24-15(21)7-8-20-12-5-3-4-6-13(12)25-17(20)23/h3-6,9,11H,7-8H2,1-2H3,(H,18,22)/t11-/m1/s1. The first-order valence-corrected chi connectivity index (χ1v) is 7.96. The van der Waals surface area contributed by atoms with E-state index in [0.29, 0.717) is 16.8 Å². The van der Waals surface area contributed by atoms with Crippen molar-refractivity contribution in [2.45, 2.75) is 32.9 Å². The molecule has 1 amide bonds. The molecule has 9 heteroatoms. The summed E-state index contributed by atoms with van der Waals surface area (Å²) in [6.45, 7) is 3.24. The third-order valence-corrected chi connectivity index (χ3v) is 3.67. The van der Waals surface area contributed by atoms with Gasteiger partial charge in [0, 0.05) is 12.6 Å². The van der Waals surface area contributed by atoms with E-state index in [1.54, 1.807) is 37.3 Å². The Bertz CT molecular complexity index is 999. The van der Waals surface area contributed by atoms with Crippen LogP contribution in [-0.4, -0.2) is 27.7 Å². The van der Waals surface area contributed by atoms with Crippen LogP contribution in [0.25, 0.3) is 11.1 Å². The first-order chi connectivity index (χ1) is 12.4. The molecule has 0 aliphatic carbocycles. The summed E-state index contributed by atoms with van der Waals surface area (Å²) in [5, 5.41) is 6.10. The van der Waals surface area contributed by atoms with Crippen molar-refractivity contribution in [3.05, 3.63) is 46.6 Å². The van der Waals surface area contributed by atoms with Crippen molar-refractivity contribution in [1.82, 2.24) is 9.72 Å². The predicted octanol–water partition coefficient (Wildman–Crippen LogP) is 1.85. The quantitative estimate of drug-likeness (QED) is 0.668. The van der Waals surface area contributed by atoms with E-state index in [1.807, 2.05) is 0 Å². The molecule has 0 aliphatic rings. The van der Waals surface area contributed by atoms with Crippen molar-refractivity contribution >= 4 is 28.9 Å². The summed E-state index contributed by atoms with van der Waals surface area (Å²) in [6, 6.07) is 8.46. The molecule has 0 spiro atoms. The normalized spacial score (nSPS) is 12.1. The zero-order valence-electron chi connectivity index (χ0n) is 14.2. The molecule has 9 nitrogen and oxygen atoms in total. The van der Waals surface area contributed by atoms with Gasteiger partial charge in [-0.3, -0.25) is 19.5 Å². The number of rotatable bonds is 6. The molecule has 136 valence electrons. The van der Waals surface area contributed by atoms with E-state index in [9.17, 15) is 14.4 Å². The lowest BCUT2D eigenvalue weighted by molar-refractivity contribution is -0.153. The number of aryl methyl sites for hydroxylation is 2. The van der Waals surface area contributed by atoms with Crippen LogP contribution in [0.4, 0.5) is 5.88 Å². The third kappa shape index (κ3) is 3.82. The molecule has 1 N–H and O–H groups in total. The Labute approximate surface area is 147 Å². The SMILES string of the molecule is Cc1cc(NC(=O)[C@@H](C)OC(=O)CCn2c(=O)oc3ccccc32)on1. The van der Waals surface area contributed by atoms with Crippen molar-refractivity contribution in [2.24, 2.45) is 0 Å². The number of hydrogen-bond acceptors (Lipinski definition) is 7. The molecule has 2 aromatic heterocycles. The highest BCUT2D eigenvalue weighted by Crippen LogP contribution is 2.13. The van der Waals surface area contributed by atoms with Gasteiger partial charge >= 0.3 is 11.7 Å². The summed E-state index contributed by atoms with van der Waals surface area (Å²) in [5.41, 5.74) is 1.65. The van der Waals surface area contributed by atoms with Gasteiger partial charge in [-0.05, 0) is 26.0 Å². The van der Waals surface area contributed by atoms with Crippen LogP contribution in [0.5, 0.6) is 0 Å². The number of benzene rings is 1. The van der Waals surface area contributed by atoms with Crippen LogP contribution in [0, 0.1) is 6.92 Å². The molecule has 0 fully saturated rings. The molecule has 2 heterocycles. The summed E-state index contributed by atoms with van der Waals surface area (Å²) in [6.07, 6.45) is -1.10. The second kappa shape index (κ2) is 7.26. The Balaban J connectivity index is 1.55. The molecule has 0 unspecified atom stereocenters. The number of oxazole rings is 1. The molecule has 26 heavy (non-hydrogen) atoms. The number of carbonyl (C=O) groups excluding carboxylic acids is 2. The van der Waals surface area contributed by atoms with Crippen molar-refractivity contribution in [3.63, 3.8) is 0 Å². The summed E-state index contributed by atoms with van der Waals surface area (Å²) >= 11 is 0. The number of anilines is 1. The van der Waals surface area contributed by atoms with Gasteiger partial charge in [0.2, 0.25) is 5.88 Å². The number of hydrogen-bond donors (Lipinski definition) is 1. The fourth-order valence-electron chi connectivity index (χ4n) is 2.38. The number of nitrogens with one attached hydrogen (secondary N) is 1. The minimum Gasteiger partial charge on any atom is -0.452 e. The maximum absolute atomic E-state index is 12.0. The largest absolute Gasteiger partial charge is 0.452 e. The predicted molar refractivity (Wildman–Crippen MR) is 90.5 cm³/mol. The number of nitrogens with zero attached hydrogens (tertiary/aromatic N) is 2. The average Bonchev–Trinajstić information content (AvgIpc) is 3.15. The van der Waals surface area contributed by atoms with Crippen LogP contribution in [0.1, 0.15) is 19.0 Å². The Morgan fingerprint density at radius 1 is 1.35 bits per heavy atom. The van der Waals surface area contributed by atoms with Gasteiger partial charge in [0.1, 0.15) is 0 Å². The van der Waals surface area contributed by atoms with Gasteiger partial charge in [0.25, 0.3) is 5.91 Å². The fraction of sp³-hybridized carbons (Fsp3) is 0.294. The Kier molecular flexibility index (Phi) is 4.87. The van der Waals surface area contributed by atoms with Crippen LogP contribution in [-0.2, 0) is 20.9 Å². The maximum Gasteiger partial charge on any atom is 0.419 e. The number of aromatic nitrogens is 2. The highest BCUT2D eigenvalue weighted by molar-refractivity contribution is 5.94. The number of carbonyl (C=O) groups is 2. The molecular formula is C17H17N3O6. The van der Waals surface area contributed by atoms with Gasteiger partial charge in [0.05, 0.1) is 17.6 Å². The number of para-hydroxylation sites is 2. The maximum atomic E-state index is 12.0. The second-order valence-electron chi connectivity index (χ2n) is 5.69. The van der Waals surface area contributed by atoms with Crippen LogP contribution >= 0.6 is 0 Å². The fourth-order valence-corrected chi connectivity index (χ4v) is 2.38.